The topological polar surface area (TPSA) is 68.8 Å². The van der Waals surface area contributed by atoms with Crippen LogP contribution in [0.15, 0.2) is 103 Å². The Hall–Kier alpha value is -4.29. The Kier molecular flexibility index (Phi) is 9.10. The summed E-state index contributed by atoms with van der Waals surface area (Å²) in [4.78, 5) is 13.4. The lowest BCUT2D eigenvalue weighted by atomic mass is 10.1. The van der Waals surface area contributed by atoms with Gasteiger partial charge in [0.25, 0.3) is 5.91 Å². The summed E-state index contributed by atoms with van der Waals surface area (Å²) in [6.45, 7) is 2.80. The molecule has 6 nitrogen and oxygen atoms in total. The maximum absolute atomic E-state index is 13.4. The van der Waals surface area contributed by atoms with Gasteiger partial charge in [0.1, 0.15) is 19.8 Å². The summed E-state index contributed by atoms with van der Waals surface area (Å²) >= 11 is 0. The third-order valence-electron chi connectivity index (χ3n) is 6.66. The molecule has 0 spiro atoms. The number of hydrogen-bond acceptors (Lipinski definition) is 5. The van der Waals surface area contributed by atoms with Crippen molar-refractivity contribution in [3.8, 4) is 17.2 Å². The van der Waals surface area contributed by atoms with E-state index in [9.17, 15) is 4.79 Å². The highest BCUT2D eigenvalue weighted by molar-refractivity contribution is 5.95. The van der Waals surface area contributed by atoms with Gasteiger partial charge in [0, 0.05) is 11.6 Å². The largest absolute Gasteiger partial charge is 0.485 e. The van der Waals surface area contributed by atoms with E-state index in [0.29, 0.717) is 42.6 Å². The van der Waals surface area contributed by atoms with Gasteiger partial charge in [-0.15, -0.1) is 0 Å². The Labute approximate surface area is 229 Å². The fraction of sp³-hybridized carbons (Fsp3) is 0.242. The molecule has 5 rings (SSSR count). The van der Waals surface area contributed by atoms with Crippen LogP contribution in [0.5, 0.6) is 17.2 Å². The minimum Gasteiger partial charge on any atom is -0.485 e. The van der Waals surface area contributed by atoms with Crippen LogP contribution in [0.2, 0.25) is 0 Å². The number of piperidine rings is 1. The standard InChI is InChI=1S/C33H34N2O4/c36-33(35-29-16-18-34-19-17-29)28-20-30(37-22-25-10-4-1-5-11-25)32(39-24-27-14-8-3-9-15-27)31(21-28)38-23-26-12-6-2-7-13-26/h1-15,20-21,29,34H,16-19,22-24H2,(H,35,36). The van der Waals surface area contributed by atoms with Crippen LogP contribution in [0.4, 0.5) is 0 Å². The smallest absolute Gasteiger partial charge is 0.251 e. The molecule has 1 saturated heterocycles. The minimum atomic E-state index is -0.148. The van der Waals surface area contributed by atoms with Gasteiger partial charge in [0.2, 0.25) is 5.75 Å². The van der Waals surface area contributed by atoms with Crippen LogP contribution in [0.3, 0.4) is 0 Å². The molecule has 1 aliphatic heterocycles. The van der Waals surface area contributed by atoms with E-state index in [-0.39, 0.29) is 11.9 Å². The highest BCUT2D eigenvalue weighted by Crippen LogP contribution is 2.40. The van der Waals surface area contributed by atoms with Crippen molar-refractivity contribution in [1.29, 1.82) is 0 Å². The number of benzene rings is 4. The Bertz CT molecular complexity index is 1260. The van der Waals surface area contributed by atoms with Crippen molar-refractivity contribution in [3.05, 3.63) is 125 Å². The van der Waals surface area contributed by atoms with Gasteiger partial charge in [-0.05, 0) is 54.8 Å². The Morgan fingerprint density at radius 3 is 1.56 bits per heavy atom. The van der Waals surface area contributed by atoms with Crippen molar-refractivity contribution in [2.75, 3.05) is 13.1 Å². The molecule has 6 heteroatoms. The van der Waals surface area contributed by atoms with Gasteiger partial charge in [-0.25, -0.2) is 0 Å². The summed E-state index contributed by atoms with van der Waals surface area (Å²) in [5.74, 6) is 1.27. The second kappa shape index (κ2) is 13.5. The van der Waals surface area contributed by atoms with Crippen LogP contribution >= 0.6 is 0 Å². The molecule has 0 unspecified atom stereocenters. The van der Waals surface area contributed by atoms with Crippen LogP contribution in [-0.2, 0) is 19.8 Å². The molecule has 0 bridgehead atoms. The second-order valence-corrected chi connectivity index (χ2v) is 9.62. The molecule has 1 heterocycles. The van der Waals surface area contributed by atoms with Crippen molar-refractivity contribution >= 4 is 5.91 Å². The van der Waals surface area contributed by atoms with Crippen LogP contribution in [0, 0.1) is 0 Å². The van der Waals surface area contributed by atoms with E-state index in [0.717, 1.165) is 42.6 Å². The molecule has 200 valence electrons. The first-order chi connectivity index (χ1) is 19.2. The summed E-state index contributed by atoms with van der Waals surface area (Å²) in [7, 11) is 0. The van der Waals surface area contributed by atoms with Crippen LogP contribution in [-0.4, -0.2) is 25.0 Å². The highest BCUT2D eigenvalue weighted by atomic mass is 16.5. The predicted octanol–water partition coefficient (Wildman–Crippen LogP) is 5.91. The quantitative estimate of drug-likeness (QED) is 0.257. The first-order valence-corrected chi connectivity index (χ1v) is 13.4. The molecule has 1 aliphatic rings. The zero-order chi connectivity index (χ0) is 26.7. The normalized spacial score (nSPS) is 13.4. The minimum absolute atomic E-state index is 0.134. The first-order valence-electron chi connectivity index (χ1n) is 13.4. The highest BCUT2D eigenvalue weighted by Gasteiger charge is 2.22. The van der Waals surface area contributed by atoms with E-state index in [2.05, 4.69) is 10.6 Å². The third kappa shape index (κ3) is 7.62. The molecule has 0 aromatic heterocycles. The number of carbonyl (C=O) groups excluding carboxylic acids is 1. The van der Waals surface area contributed by atoms with Crippen molar-refractivity contribution in [2.24, 2.45) is 0 Å². The number of hydrogen-bond donors (Lipinski definition) is 2. The number of amides is 1. The van der Waals surface area contributed by atoms with Crippen molar-refractivity contribution in [2.45, 2.75) is 38.7 Å². The molecule has 4 aromatic rings. The summed E-state index contributed by atoms with van der Waals surface area (Å²) in [5, 5.41) is 6.52. The number of ether oxygens (including phenoxy) is 3. The molecule has 0 atom stereocenters. The number of nitrogens with one attached hydrogen (secondary N) is 2. The fourth-order valence-electron chi connectivity index (χ4n) is 4.50. The molecular formula is C33H34N2O4. The maximum Gasteiger partial charge on any atom is 0.251 e. The molecule has 4 aromatic carbocycles. The van der Waals surface area contributed by atoms with Gasteiger partial charge in [-0.2, -0.15) is 0 Å². The molecule has 39 heavy (non-hydrogen) atoms. The van der Waals surface area contributed by atoms with Crippen molar-refractivity contribution < 1.29 is 19.0 Å². The SMILES string of the molecule is O=C(NC1CCNCC1)c1cc(OCc2ccccc2)c(OCc2ccccc2)c(OCc2ccccc2)c1. The molecule has 1 fully saturated rings. The predicted molar refractivity (Wildman–Crippen MR) is 152 cm³/mol. The summed E-state index contributed by atoms with van der Waals surface area (Å²) < 4.78 is 18.9. The van der Waals surface area contributed by atoms with Gasteiger partial charge in [0.05, 0.1) is 0 Å². The molecule has 0 radical (unpaired) electrons. The van der Waals surface area contributed by atoms with Crippen molar-refractivity contribution in [1.82, 2.24) is 10.6 Å². The van der Waals surface area contributed by atoms with E-state index in [1.54, 1.807) is 12.1 Å². The van der Waals surface area contributed by atoms with Crippen LogP contribution < -0.4 is 24.8 Å². The Morgan fingerprint density at radius 1 is 0.667 bits per heavy atom. The lowest BCUT2D eigenvalue weighted by Crippen LogP contribution is -2.42. The van der Waals surface area contributed by atoms with Gasteiger partial charge in [0.15, 0.2) is 11.5 Å². The van der Waals surface area contributed by atoms with Crippen LogP contribution in [0.1, 0.15) is 39.9 Å². The summed E-state index contributed by atoms with van der Waals surface area (Å²) in [6, 6.07) is 33.5. The third-order valence-corrected chi connectivity index (χ3v) is 6.66. The molecule has 1 amide bonds. The lowest BCUT2D eigenvalue weighted by molar-refractivity contribution is 0.0928. The molecule has 0 saturated carbocycles. The average molecular weight is 523 g/mol. The van der Waals surface area contributed by atoms with Gasteiger partial charge in [-0.3, -0.25) is 4.79 Å². The van der Waals surface area contributed by atoms with Gasteiger partial charge < -0.3 is 24.8 Å². The molecular weight excluding hydrogens is 488 g/mol. The Morgan fingerprint density at radius 2 is 1.10 bits per heavy atom. The van der Waals surface area contributed by atoms with Gasteiger partial charge in [-0.1, -0.05) is 91.0 Å². The van der Waals surface area contributed by atoms with E-state index in [1.165, 1.54) is 0 Å². The van der Waals surface area contributed by atoms with Crippen LogP contribution in [0.25, 0.3) is 0 Å². The van der Waals surface area contributed by atoms with E-state index < -0.39 is 0 Å². The molecule has 2 N–H and O–H groups in total. The summed E-state index contributed by atoms with van der Waals surface area (Å²) in [5.41, 5.74) is 3.53. The number of rotatable bonds is 11. The summed E-state index contributed by atoms with van der Waals surface area (Å²) in [6.07, 6.45) is 1.80. The van der Waals surface area contributed by atoms with Crippen molar-refractivity contribution in [3.63, 3.8) is 0 Å². The molecule has 0 aliphatic carbocycles. The second-order valence-electron chi connectivity index (χ2n) is 9.62. The first kappa shape index (κ1) is 26.3. The maximum atomic E-state index is 13.4. The monoisotopic (exact) mass is 522 g/mol. The Balaban J connectivity index is 1.46. The fourth-order valence-corrected chi connectivity index (χ4v) is 4.50. The zero-order valence-corrected chi connectivity index (χ0v) is 22.0. The van der Waals surface area contributed by atoms with E-state index in [4.69, 9.17) is 14.2 Å². The van der Waals surface area contributed by atoms with E-state index >= 15 is 0 Å². The lowest BCUT2D eigenvalue weighted by Gasteiger charge is -2.24. The zero-order valence-electron chi connectivity index (χ0n) is 22.0. The van der Waals surface area contributed by atoms with Gasteiger partial charge >= 0.3 is 0 Å². The average Bonchev–Trinajstić information content (AvgIpc) is 3.00. The number of carbonyl (C=O) groups is 1. The van der Waals surface area contributed by atoms with E-state index in [1.807, 2.05) is 91.0 Å².